The summed E-state index contributed by atoms with van der Waals surface area (Å²) in [6.45, 7) is 9.82. The summed E-state index contributed by atoms with van der Waals surface area (Å²) in [6, 6.07) is 3.55. The van der Waals surface area contributed by atoms with E-state index in [4.69, 9.17) is 31.0 Å². The van der Waals surface area contributed by atoms with Crippen molar-refractivity contribution in [1.29, 1.82) is 0 Å². The van der Waals surface area contributed by atoms with Gasteiger partial charge in [0.25, 0.3) is 0 Å². The molecule has 2 aromatic rings. The number of ether oxygens (including phenoxy) is 4. The van der Waals surface area contributed by atoms with Crippen LogP contribution in [-0.4, -0.2) is 60.9 Å². The van der Waals surface area contributed by atoms with Gasteiger partial charge in [0.2, 0.25) is 0 Å². The molecule has 1 N–H and O–H groups in total. The van der Waals surface area contributed by atoms with Gasteiger partial charge in [0.1, 0.15) is 24.1 Å². The molecule has 16 heteroatoms. The van der Waals surface area contributed by atoms with Gasteiger partial charge in [-0.25, -0.2) is 0 Å². The van der Waals surface area contributed by atoms with Gasteiger partial charge >= 0.3 is 48.2 Å². The Morgan fingerprint density at radius 3 is 1.49 bits per heavy atom. The van der Waals surface area contributed by atoms with Gasteiger partial charge in [-0.1, -0.05) is 34.6 Å². The summed E-state index contributed by atoms with van der Waals surface area (Å²) >= 11 is 1.70. The molecule has 2 aromatic heterocycles. The number of carbonyl (C=O) groups excluding carboxylic acids is 6. The predicted molar refractivity (Wildman–Crippen MR) is 195 cm³/mol. The molecular formula is C43H54Ag2O14. The van der Waals surface area contributed by atoms with Crippen LogP contribution >= 0.6 is 0 Å². The fourth-order valence-corrected chi connectivity index (χ4v) is 12.6. The first-order valence-corrected chi connectivity index (χ1v) is 20.5. The number of cyclic esters (lactones) is 2. The number of furan rings is 2. The van der Waals surface area contributed by atoms with Crippen molar-refractivity contribution >= 4 is 35.4 Å². The summed E-state index contributed by atoms with van der Waals surface area (Å²) in [5, 5.41) is 10.5. The van der Waals surface area contributed by atoms with E-state index in [1.165, 1.54) is 20.5 Å². The maximum atomic E-state index is 13.5. The second kappa shape index (κ2) is 17.8. The van der Waals surface area contributed by atoms with Gasteiger partial charge in [0, 0.05) is 51.3 Å². The van der Waals surface area contributed by atoms with Crippen molar-refractivity contribution in [2.75, 3.05) is 14.2 Å². The first-order chi connectivity index (χ1) is 27.4. The van der Waals surface area contributed by atoms with Crippen LogP contribution in [0.25, 0.3) is 0 Å². The molecule has 4 heterocycles. The molecule has 0 amide bonds. The van der Waals surface area contributed by atoms with Crippen LogP contribution in [-0.2, 0) is 94.4 Å². The molecule has 8 rings (SSSR count). The van der Waals surface area contributed by atoms with E-state index in [0.29, 0.717) is 44.9 Å². The number of methoxy groups -OCH3 is 2. The van der Waals surface area contributed by atoms with E-state index in [2.05, 4.69) is 0 Å². The van der Waals surface area contributed by atoms with E-state index in [-0.39, 0.29) is 81.9 Å². The fourth-order valence-electron chi connectivity index (χ4n) is 12.6. The number of rotatable bonds is 4. The molecule has 1 radical (unpaired) electrons. The number of aliphatic hydroxyl groups excluding tert-OH is 1. The summed E-state index contributed by atoms with van der Waals surface area (Å²) < 4.78 is 39.9. The second-order valence-electron chi connectivity index (χ2n) is 18.3. The summed E-state index contributed by atoms with van der Waals surface area (Å²) in [5.41, 5.74) is -0.930. The van der Waals surface area contributed by atoms with E-state index in [1.54, 1.807) is 52.0 Å². The zero-order valence-electron chi connectivity index (χ0n) is 34.3. The Labute approximate surface area is 371 Å². The van der Waals surface area contributed by atoms with Crippen LogP contribution in [0, 0.1) is 63.1 Å². The molecule has 8 unspecified atom stereocenters. The standard InChI is InChI=1S/C22H28O6.C21H26O7.2Ag.O/c1-12-9-15(19(24)26-4)21(2)7-5-14-20(25)28-16(13-6-8-27-11-13)10-22(14,3)18(21)17(12)23;1-20-6-4-12-19(25)28-15(11-5-7-27-10-11)9-21(12,2)17(20)16(23)14(22)8-13(20)18(24)26-3;;;/h6,8,11-12,14-16,18H,5,7,9-10H2,1-4H3;5,7,10,12-15,17,22H,4,6,8-9H2,1-3H3;;;/t12?,14?,15?,16-,18?,21-,22-;12?,13?,14?,15-,17?,20-,21-;;;/m00.../s1. The number of aliphatic hydroxyl groups is 1. The van der Waals surface area contributed by atoms with Crippen molar-refractivity contribution in [3.05, 3.63) is 48.3 Å². The normalized spacial score (nSPS) is 40.8. The summed E-state index contributed by atoms with van der Waals surface area (Å²) in [6.07, 6.45) is 7.92. The average molecular weight is 1010 g/mol. The molecule has 59 heavy (non-hydrogen) atoms. The Bertz CT molecular complexity index is 1760. The molecule has 332 valence electrons. The molecule has 4 saturated carbocycles. The molecule has 14 atom stereocenters. The van der Waals surface area contributed by atoms with Crippen LogP contribution < -0.4 is 0 Å². The molecule has 14 nitrogen and oxygen atoms in total. The average Bonchev–Trinajstić information content (AvgIpc) is 3.93. The molecule has 2 saturated heterocycles. The Morgan fingerprint density at radius 2 is 1.10 bits per heavy atom. The molecule has 6 fully saturated rings. The van der Waals surface area contributed by atoms with E-state index in [1.807, 2.05) is 34.6 Å². The van der Waals surface area contributed by atoms with Crippen molar-refractivity contribution < 1.29 is 108 Å². The minimum atomic E-state index is -1.23. The molecule has 0 bridgehead atoms. The van der Waals surface area contributed by atoms with Crippen molar-refractivity contribution in [3.63, 3.8) is 0 Å². The molecule has 6 aliphatic rings. The molecule has 0 spiro atoms. The number of Topliss-reactive ketones (excluding diaryl/α,β-unsaturated/α-hetero) is 2. The van der Waals surface area contributed by atoms with E-state index >= 15 is 0 Å². The van der Waals surface area contributed by atoms with Gasteiger partial charge < -0.3 is 32.9 Å². The number of esters is 4. The van der Waals surface area contributed by atoms with Crippen LogP contribution in [0.4, 0.5) is 0 Å². The third-order valence-electron chi connectivity index (χ3n) is 15.3. The van der Waals surface area contributed by atoms with Gasteiger partial charge in [0.15, 0.2) is 5.78 Å². The van der Waals surface area contributed by atoms with Gasteiger partial charge in [-0.2, -0.15) is 0 Å². The van der Waals surface area contributed by atoms with Crippen molar-refractivity contribution in [1.82, 2.24) is 0 Å². The van der Waals surface area contributed by atoms with Gasteiger partial charge in [-0.3, -0.25) is 28.8 Å². The third kappa shape index (κ3) is 7.78. The van der Waals surface area contributed by atoms with Gasteiger partial charge in [-0.05, 0) is 85.2 Å². The Balaban J connectivity index is 0.000000212. The molecule has 2 aliphatic heterocycles. The van der Waals surface area contributed by atoms with Crippen molar-refractivity contribution in [2.24, 2.45) is 63.1 Å². The number of fused-ring (bicyclic) bond motifs is 6. The molecular weight excluding hydrogens is 956 g/mol. The van der Waals surface area contributed by atoms with Gasteiger partial charge in [-0.15, -0.1) is 0 Å². The van der Waals surface area contributed by atoms with E-state index < -0.39 is 63.7 Å². The summed E-state index contributed by atoms with van der Waals surface area (Å²) in [5.74, 6) is -4.30. The van der Waals surface area contributed by atoms with Crippen molar-refractivity contribution in [3.8, 4) is 0 Å². The van der Waals surface area contributed by atoms with Crippen LogP contribution in [0.1, 0.15) is 109 Å². The monoisotopic (exact) mass is 1010 g/mol. The topological polar surface area (TPSA) is 203 Å². The second-order valence-corrected chi connectivity index (χ2v) is 18.3. The van der Waals surface area contributed by atoms with Crippen LogP contribution in [0.2, 0.25) is 0 Å². The predicted octanol–water partition coefficient (Wildman–Crippen LogP) is 6.01. The van der Waals surface area contributed by atoms with Crippen LogP contribution in [0.15, 0.2) is 46.0 Å². The number of hydrogen-bond donors (Lipinski definition) is 1. The van der Waals surface area contributed by atoms with E-state index in [9.17, 15) is 33.9 Å². The minimum absolute atomic E-state index is 0. The number of ketones is 2. The first kappa shape index (κ1) is 47.1. The Kier molecular flexibility index (Phi) is 14.2. The zero-order chi connectivity index (χ0) is 42.5. The summed E-state index contributed by atoms with van der Waals surface area (Å²) in [4.78, 5) is 77.6. The third-order valence-corrected chi connectivity index (χ3v) is 15.3. The van der Waals surface area contributed by atoms with Crippen LogP contribution in [0.5, 0.6) is 0 Å². The van der Waals surface area contributed by atoms with Crippen LogP contribution in [0.3, 0.4) is 0 Å². The Morgan fingerprint density at radius 1 is 0.695 bits per heavy atom. The number of carbonyl (C=O) groups is 6. The van der Waals surface area contributed by atoms with E-state index in [0.717, 1.165) is 11.1 Å². The quantitative estimate of drug-likeness (QED) is 0.212. The summed E-state index contributed by atoms with van der Waals surface area (Å²) in [7, 11) is 2.73. The zero-order valence-corrected chi connectivity index (χ0v) is 37.2. The molecule has 4 aliphatic carbocycles. The fraction of sp³-hybridized carbons (Fsp3) is 0.674. The van der Waals surface area contributed by atoms with Gasteiger partial charge in [0.05, 0.1) is 62.9 Å². The maximum absolute atomic E-state index is 13.5. The Hall–Kier alpha value is -2.98. The number of hydrogen-bond acceptors (Lipinski definition) is 14. The SMILES string of the molecule is COC(=O)C1CC(C)C(=O)C2[C@@]1(C)CCC1C(=O)O[C@H](c3ccoc3)C[C@@]12C.COC(=O)C1CC(O)C(=O)C2[C@@]1(C)CCC1C(=O)O[C@H](c3ccoc3)C[C@@]12C.[Ag].[O]=[Ag]. The van der Waals surface area contributed by atoms with Crippen molar-refractivity contribution in [2.45, 2.75) is 104 Å². The first-order valence-electron chi connectivity index (χ1n) is 19.9. The molecule has 0 aromatic carbocycles.